The van der Waals surface area contributed by atoms with Crippen LogP contribution in [0.2, 0.25) is 0 Å². The number of likely N-dealkylation sites (N-methyl/N-ethyl adjacent to an activating group) is 1. The van der Waals surface area contributed by atoms with Gasteiger partial charge in [-0.1, -0.05) is 19.8 Å². The predicted molar refractivity (Wildman–Crippen MR) is 128 cm³/mol. The first-order valence-electron chi connectivity index (χ1n) is 12.7. The molecule has 1 heterocycles. The van der Waals surface area contributed by atoms with E-state index in [0.29, 0.717) is 26.2 Å². The molecule has 0 aromatic carbocycles. The maximum Gasteiger partial charge on any atom is 0.316 e. The van der Waals surface area contributed by atoms with E-state index in [-0.39, 0.29) is 30.3 Å². The molecular weight excluding hydrogens is 422 g/mol. The van der Waals surface area contributed by atoms with Crippen LogP contribution in [0.15, 0.2) is 0 Å². The molecule has 0 aromatic rings. The van der Waals surface area contributed by atoms with Gasteiger partial charge in [0.25, 0.3) is 0 Å². The highest BCUT2D eigenvalue weighted by atomic mass is 16.5. The minimum atomic E-state index is -0.790. The van der Waals surface area contributed by atoms with Gasteiger partial charge in [0.05, 0.1) is 18.7 Å². The van der Waals surface area contributed by atoms with Crippen LogP contribution in [0.4, 0.5) is 0 Å². The Balaban J connectivity index is 1.91. The Bertz CT molecular complexity index is 630. The highest BCUT2D eigenvalue weighted by molar-refractivity contribution is 5.98. The molecule has 0 aromatic heterocycles. The second-order valence-electron chi connectivity index (χ2n) is 9.85. The van der Waals surface area contributed by atoms with Crippen LogP contribution in [0.5, 0.6) is 0 Å². The molecular formula is C25H45N3O5. The summed E-state index contributed by atoms with van der Waals surface area (Å²) in [5.74, 6) is -0.525. The molecule has 190 valence electrons. The van der Waals surface area contributed by atoms with Crippen molar-refractivity contribution in [2.45, 2.75) is 70.8 Å². The number of likely N-dealkylation sites (tertiary alicyclic amines) is 1. The summed E-state index contributed by atoms with van der Waals surface area (Å²) in [5.41, 5.74) is -0.309. The first-order chi connectivity index (χ1) is 15.8. The van der Waals surface area contributed by atoms with Gasteiger partial charge >= 0.3 is 5.97 Å². The van der Waals surface area contributed by atoms with Gasteiger partial charge in [0.1, 0.15) is 18.3 Å². The van der Waals surface area contributed by atoms with Gasteiger partial charge in [0, 0.05) is 26.6 Å². The van der Waals surface area contributed by atoms with Crippen molar-refractivity contribution in [3.05, 3.63) is 0 Å². The van der Waals surface area contributed by atoms with Crippen LogP contribution >= 0.6 is 0 Å². The van der Waals surface area contributed by atoms with Gasteiger partial charge in [-0.2, -0.15) is 0 Å². The SMILES string of the molecule is CCCCCN(C)C1(COC(=O)C(C)C(=O)CCOC)CCN(C(=O)CNCC2CC2)CC1. The number of hydrogen-bond donors (Lipinski definition) is 1. The molecule has 1 amide bonds. The summed E-state index contributed by atoms with van der Waals surface area (Å²) >= 11 is 0. The van der Waals surface area contributed by atoms with Crippen LogP contribution in [0.25, 0.3) is 0 Å². The lowest BCUT2D eigenvalue weighted by molar-refractivity contribution is -0.157. The standard InChI is InChI=1S/C25H45N3O5/c1-5-6-7-13-27(3)25(19-33-24(31)20(2)22(29)10-16-32-4)11-14-28(15-12-25)23(30)18-26-17-21-8-9-21/h20-21,26H,5-19H2,1-4H3. The van der Waals surface area contributed by atoms with Gasteiger partial charge in [0.15, 0.2) is 0 Å². The molecule has 0 spiro atoms. The van der Waals surface area contributed by atoms with Crippen molar-refractivity contribution in [3.63, 3.8) is 0 Å². The van der Waals surface area contributed by atoms with E-state index in [4.69, 9.17) is 9.47 Å². The molecule has 2 aliphatic rings. The summed E-state index contributed by atoms with van der Waals surface area (Å²) in [7, 11) is 3.63. The molecule has 0 radical (unpaired) electrons. The average molecular weight is 468 g/mol. The molecule has 2 rings (SSSR count). The van der Waals surface area contributed by atoms with E-state index in [2.05, 4.69) is 24.2 Å². The average Bonchev–Trinajstić information content (AvgIpc) is 3.65. The molecule has 0 bridgehead atoms. The maximum atomic E-state index is 12.6. The first-order valence-corrected chi connectivity index (χ1v) is 12.7. The third kappa shape index (κ3) is 8.98. The summed E-state index contributed by atoms with van der Waals surface area (Å²) in [5, 5.41) is 3.29. The number of unbranched alkanes of at least 4 members (excludes halogenated alkanes) is 2. The molecule has 2 fully saturated rings. The van der Waals surface area contributed by atoms with Crippen molar-refractivity contribution in [1.82, 2.24) is 15.1 Å². The smallest absolute Gasteiger partial charge is 0.316 e. The number of amides is 1. The van der Waals surface area contributed by atoms with Gasteiger partial charge in [-0.3, -0.25) is 19.3 Å². The number of methoxy groups -OCH3 is 1. The summed E-state index contributed by atoms with van der Waals surface area (Å²) in [6.45, 7) is 7.90. The Labute approximate surface area is 199 Å². The van der Waals surface area contributed by atoms with E-state index in [1.54, 1.807) is 6.92 Å². The van der Waals surface area contributed by atoms with E-state index >= 15 is 0 Å². The van der Waals surface area contributed by atoms with Gasteiger partial charge in [0.2, 0.25) is 5.91 Å². The third-order valence-electron chi connectivity index (χ3n) is 7.23. The molecule has 1 aliphatic carbocycles. The number of piperidine rings is 1. The number of rotatable bonds is 16. The van der Waals surface area contributed by atoms with Crippen LogP contribution < -0.4 is 5.32 Å². The molecule has 8 heteroatoms. The second-order valence-corrected chi connectivity index (χ2v) is 9.85. The summed E-state index contributed by atoms with van der Waals surface area (Å²) < 4.78 is 10.7. The molecule has 1 atom stereocenters. The van der Waals surface area contributed by atoms with Crippen LogP contribution in [-0.4, -0.2) is 93.1 Å². The van der Waals surface area contributed by atoms with Crippen LogP contribution in [-0.2, 0) is 23.9 Å². The zero-order valence-corrected chi connectivity index (χ0v) is 21.2. The summed E-state index contributed by atoms with van der Waals surface area (Å²) in [6, 6.07) is 0. The topological polar surface area (TPSA) is 88.2 Å². The lowest BCUT2D eigenvalue weighted by Crippen LogP contribution is -2.58. The Morgan fingerprint density at radius 1 is 1.18 bits per heavy atom. The maximum absolute atomic E-state index is 12.6. The highest BCUT2D eigenvalue weighted by Gasteiger charge is 2.41. The lowest BCUT2D eigenvalue weighted by atomic mass is 9.86. The first kappa shape index (κ1) is 27.7. The third-order valence-corrected chi connectivity index (χ3v) is 7.23. The van der Waals surface area contributed by atoms with Crippen LogP contribution in [0.1, 0.15) is 65.2 Å². The highest BCUT2D eigenvalue weighted by Crippen LogP contribution is 2.30. The quantitative estimate of drug-likeness (QED) is 0.212. The second kappa shape index (κ2) is 14.0. The number of nitrogens with zero attached hydrogens (tertiary/aromatic N) is 2. The van der Waals surface area contributed by atoms with Crippen LogP contribution in [0, 0.1) is 11.8 Å². The van der Waals surface area contributed by atoms with E-state index in [9.17, 15) is 14.4 Å². The fourth-order valence-electron chi connectivity index (χ4n) is 4.34. The minimum Gasteiger partial charge on any atom is -0.463 e. The van der Waals surface area contributed by atoms with Crippen molar-refractivity contribution in [2.75, 3.05) is 60.1 Å². The molecule has 1 unspecified atom stereocenters. The van der Waals surface area contributed by atoms with Gasteiger partial charge < -0.3 is 19.7 Å². The van der Waals surface area contributed by atoms with Gasteiger partial charge in [-0.25, -0.2) is 0 Å². The number of ether oxygens (including phenoxy) is 2. The normalized spacial score (nSPS) is 18.9. The Morgan fingerprint density at radius 3 is 2.48 bits per heavy atom. The largest absolute Gasteiger partial charge is 0.463 e. The van der Waals surface area contributed by atoms with Crippen molar-refractivity contribution < 1.29 is 23.9 Å². The zero-order valence-electron chi connectivity index (χ0n) is 21.2. The lowest BCUT2D eigenvalue weighted by Gasteiger charge is -2.47. The fourth-order valence-corrected chi connectivity index (χ4v) is 4.34. The molecule has 1 saturated heterocycles. The molecule has 33 heavy (non-hydrogen) atoms. The number of Topliss-reactive ketones (excluding diaryl/α,β-unsaturated/α-hetero) is 1. The minimum absolute atomic E-state index is 0.146. The van der Waals surface area contributed by atoms with Gasteiger partial charge in [-0.05, 0) is 65.1 Å². The van der Waals surface area contributed by atoms with Crippen molar-refractivity contribution in [2.24, 2.45) is 11.8 Å². The number of carbonyl (C=O) groups excluding carboxylic acids is 3. The number of hydrogen-bond acceptors (Lipinski definition) is 7. The number of ketones is 1. The van der Waals surface area contributed by atoms with Crippen LogP contribution in [0.3, 0.4) is 0 Å². The molecule has 1 saturated carbocycles. The van der Waals surface area contributed by atoms with Gasteiger partial charge in [-0.15, -0.1) is 0 Å². The summed E-state index contributed by atoms with van der Waals surface area (Å²) in [4.78, 5) is 41.6. The van der Waals surface area contributed by atoms with E-state index in [0.717, 1.165) is 51.1 Å². The summed E-state index contributed by atoms with van der Waals surface area (Å²) in [6.07, 6.45) is 7.64. The monoisotopic (exact) mass is 467 g/mol. The number of nitrogens with one attached hydrogen (secondary N) is 1. The van der Waals surface area contributed by atoms with Crippen molar-refractivity contribution >= 4 is 17.7 Å². The number of esters is 1. The molecule has 8 nitrogen and oxygen atoms in total. The van der Waals surface area contributed by atoms with Crippen molar-refractivity contribution in [3.8, 4) is 0 Å². The number of carbonyl (C=O) groups is 3. The Morgan fingerprint density at radius 2 is 1.88 bits per heavy atom. The van der Waals surface area contributed by atoms with Crippen molar-refractivity contribution in [1.29, 1.82) is 0 Å². The van der Waals surface area contributed by atoms with E-state index in [1.807, 2.05) is 4.90 Å². The Hall–Kier alpha value is -1.51. The predicted octanol–water partition coefficient (Wildman–Crippen LogP) is 2.25. The van der Waals surface area contributed by atoms with E-state index < -0.39 is 11.9 Å². The molecule has 1 N–H and O–H groups in total. The Kier molecular flexibility index (Phi) is 11.8. The van der Waals surface area contributed by atoms with E-state index in [1.165, 1.54) is 20.0 Å². The zero-order chi connectivity index (χ0) is 24.3. The fraction of sp³-hybridized carbons (Fsp3) is 0.880. The molecule has 1 aliphatic heterocycles.